The predicted molar refractivity (Wildman–Crippen MR) is 84.4 cm³/mol. The number of benzene rings is 2. The molecule has 2 rings (SSSR count). The third kappa shape index (κ3) is 6.72. The molecule has 0 fully saturated rings. The highest BCUT2D eigenvalue weighted by molar-refractivity contribution is 5.91. The molecule has 5 nitrogen and oxygen atoms in total. The second kappa shape index (κ2) is 8.39. The van der Waals surface area contributed by atoms with Gasteiger partial charge in [-0.25, -0.2) is 0 Å². The van der Waals surface area contributed by atoms with Crippen LogP contribution in [0.15, 0.2) is 48.5 Å². The van der Waals surface area contributed by atoms with E-state index in [0.29, 0.717) is 11.4 Å². The Bertz CT molecular complexity index is 702. The van der Waals surface area contributed by atoms with Crippen molar-refractivity contribution in [1.82, 2.24) is 0 Å². The fourth-order valence-electron chi connectivity index (χ4n) is 1.96. The molecule has 2 aromatic carbocycles. The summed E-state index contributed by atoms with van der Waals surface area (Å²) in [5, 5.41) is 2.52. The van der Waals surface area contributed by atoms with Crippen LogP contribution < -0.4 is 14.8 Å². The lowest BCUT2D eigenvalue weighted by Crippen LogP contribution is -2.19. The Kier molecular flexibility index (Phi) is 6.24. The first-order valence-electron chi connectivity index (χ1n) is 7.22. The average molecular weight is 355 g/mol. The summed E-state index contributed by atoms with van der Waals surface area (Å²) in [4.78, 5) is 11.8. The molecule has 0 atom stereocenters. The first kappa shape index (κ1) is 18.6. The molecule has 0 aromatic heterocycles. The number of carbonyl (C=O) groups is 1. The van der Waals surface area contributed by atoms with Gasteiger partial charge in [0.2, 0.25) is 5.91 Å². The molecule has 2 aromatic rings. The number of alkyl halides is 3. The van der Waals surface area contributed by atoms with Crippen molar-refractivity contribution in [2.45, 2.75) is 13.0 Å². The normalized spacial score (nSPS) is 11.0. The fraction of sp³-hybridized carbons (Fsp3) is 0.235. The summed E-state index contributed by atoms with van der Waals surface area (Å²) in [7, 11) is 1.55. The number of hydrogen-bond donors (Lipinski definition) is 1. The Balaban J connectivity index is 1.78. The van der Waals surface area contributed by atoms with Crippen LogP contribution in [0.5, 0.6) is 11.5 Å². The monoisotopic (exact) mass is 355 g/mol. The van der Waals surface area contributed by atoms with Crippen molar-refractivity contribution in [2.24, 2.45) is 0 Å². The summed E-state index contributed by atoms with van der Waals surface area (Å²) in [5.41, 5.74) is 1.19. The zero-order valence-electron chi connectivity index (χ0n) is 13.3. The summed E-state index contributed by atoms with van der Waals surface area (Å²) in [6.45, 7) is 0.0288. The number of carbonyl (C=O) groups excluding carboxylic acids is 1. The topological polar surface area (TPSA) is 56.8 Å². The highest BCUT2D eigenvalue weighted by Crippen LogP contribution is 2.23. The van der Waals surface area contributed by atoms with E-state index in [4.69, 9.17) is 9.47 Å². The molecule has 0 radical (unpaired) electrons. The lowest BCUT2D eigenvalue weighted by atomic mass is 10.2. The van der Waals surface area contributed by atoms with Crippen LogP contribution in [-0.2, 0) is 16.1 Å². The van der Waals surface area contributed by atoms with Crippen molar-refractivity contribution in [3.8, 4) is 11.5 Å². The van der Waals surface area contributed by atoms with Gasteiger partial charge in [0.05, 0.1) is 13.7 Å². The largest absolute Gasteiger partial charge is 0.573 e. The van der Waals surface area contributed by atoms with Crippen molar-refractivity contribution in [3.63, 3.8) is 0 Å². The number of hydrogen-bond acceptors (Lipinski definition) is 4. The van der Waals surface area contributed by atoms with Crippen molar-refractivity contribution < 1.29 is 32.2 Å². The van der Waals surface area contributed by atoms with Crippen LogP contribution in [0.4, 0.5) is 18.9 Å². The minimum absolute atomic E-state index is 0.196. The highest BCUT2D eigenvalue weighted by atomic mass is 19.4. The molecule has 0 aliphatic heterocycles. The van der Waals surface area contributed by atoms with Gasteiger partial charge in [0.25, 0.3) is 0 Å². The molecule has 0 aliphatic carbocycles. The predicted octanol–water partition coefficient (Wildman–Crippen LogP) is 3.75. The number of halogens is 3. The fourth-order valence-corrected chi connectivity index (χ4v) is 1.96. The van der Waals surface area contributed by atoms with Crippen molar-refractivity contribution in [2.75, 3.05) is 19.0 Å². The van der Waals surface area contributed by atoms with E-state index < -0.39 is 12.3 Å². The number of ether oxygens (including phenoxy) is 3. The third-order valence-corrected chi connectivity index (χ3v) is 3.01. The van der Waals surface area contributed by atoms with Gasteiger partial charge in [-0.3, -0.25) is 4.79 Å². The Morgan fingerprint density at radius 1 is 1.08 bits per heavy atom. The molecule has 0 spiro atoms. The molecule has 134 valence electrons. The maximum Gasteiger partial charge on any atom is 0.573 e. The zero-order valence-corrected chi connectivity index (χ0v) is 13.3. The van der Waals surface area contributed by atoms with E-state index in [-0.39, 0.29) is 19.0 Å². The molecule has 1 amide bonds. The average Bonchev–Trinajstić information content (AvgIpc) is 2.55. The molecule has 0 bridgehead atoms. The van der Waals surface area contributed by atoms with Gasteiger partial charge >= 0.3 is 6.36 Å². The molecule has 0 heterocycles. The molecular weight excluding hydrogens is 339 g/mol. The van der Waals surface area contributed by atoms with E-state index in [1.165, 1.54) is 12.1 Å². The van der Waals surface area contributed by atoms with Crippen LogP contribution in [0.1, 0.15) is 5.56 Å². The molecule has 1 N–H and O–H groups in total. The van der Waals surface area contributed by atoms with Crippen LogP contribution in [0.2, 0.25) is 0 Å². The lowest BCUT2D eigenvalue weighted by Gasteiger charge is -2.10. The van der Waals surface area contributed by atoms with Gasteiger partial charge in [-0.2, -0.15) is 0 Å². The van der Waals surface area contributed by atoms with Crippen molar-refractivity contribution in [3.05, 3.63) is 54.1 Å². The first-order valence-corrected chi connectivity index (χ1v) is 7.22. The van der Waals surface area contributed by atoms with Crippen molar-refractivity contribution >= 4 is 11.6 Å². The molecule has 25 heavy (non-hydrogen) atoms. The van der Waals surface area contributed by atoms with Gasteiger partial charge in [0, 0.05) is 5.69 Å². The minimum atomic E-state index is -4.75. The van der Waals surface area contributed by atoms with Crippen LogP contribution >= 0.6 is 0 Å². The van der Waals surface area contributed by atoms with Crippen LogP contribution in [-0.4, -0.2) is 26.0 Å². The summed E-state index contributed by atoms with van der Waals surface area (Å²) in [6.07, 6.45) is -4.75. The second-order valence-corrected chi connectivity index (χ2v) is 4.96. The molecule has 0 saturated heterocycles. The maximum atomic E-state index is 12.1. The highest BCUT2D eigenvalue weighted by Gasteiger charge is 2.30. The first-order chi connectivity index (χ1) is 11.9. The zero-order chi connectivity index (χ0) is 18.3. The van der Waals surface area contributed by atoms with Gasteiger partial charge in [0.15, 0.2) is 0 Å². The van der Waals surface area contributed by atoms with E-state index in [9.17, 15) is 18.0 Å². The number of rotatable bonds is 7. The molecular formula is C17H16F3NO4. The smallest absolute Gasteiger partial charge is 0.497 e. The number of nitrogens with one attached hydrogen (secondary N) is 1. The minimum Gasteiger partial charge on any atom is -0.497 e. The summed E-state index contributed by atoms with van der Waals surface area (Å²) in [6, 6.07) is 12.1. The quantitative estimate of drug-likeness (QED) is 0.822. The Labute approximate surface area is 142 Å². The van der Waals surface area contributed by atoms with Gasteiger partial charge in [-0.05, 0) is 42.0 Å². The molecule has 0 unspecified atom stereocenters. The Hall–Kier alpha value is -2.74. The summed E-state index contributed by atoms with van der Waals surface area (Å²) in [5.74, 6) is -0.0983. The van der Waals surface area contributed by atoms with E-state index in [2.05, 4.69) is 10.1 Å². The number of amides is 1. The van der Waals surface area contributed by atoms with Crippen LogP contribution in [0.3, 0.4) is 0 Å². The van der Waals surface area contributed by atoms with E-state index >= 15 is 0 Å². The number of anilines is 1. The van der Waals surface area contributed by atoms with Crippen LogP contribution in [0, 0.1) is 0 Å². The maximum absolute atomic E-state index is 12.1. The van der Waals surface area contributed by atoms with E-state index in [1.54, 1.807) is 19.2 Å². The Morgan fingerprint density at radius 3 is 2.44 bits per heavy atom. The Morgan fingerprint density at radius 2 is 1.80 bits per heavy atom. The number of methoxy groups -OCH3 is 1. The van der Waals surface area contributed by atoms with Gasteiger partial charge < -0.3 is 19.5 Å². The molecule has 0 saturated carbocycles. The molecule has 8 heteroatoms. The van der Waals surface area contributed by atoms with E-state index in [0.717, 1.165) is 17.7 Å². The standard InChI is InChI=1S/C17H16F3NO4/c1-23-15-4-2-3-12(9-15)10-24-11-16(22)21-13-5-7-14(8-6-13)25-17(18,19)20/h2-9H,10-11H2,1H3,(H,21,22). The van der Waals surface area contributed by atoms with E-state index in [1.807, 2.05) is 12.1 Å². The SMILES string of the molecule is COc1cccc(COCC(=O)Nc2ccc(OC(F)(F)F)cc2)c1. The second-order valence-electron chi connectivity index (χ2n) is 4.96. The van der Waals surface area contributed by atoms with Crippen LogP contribution in [0.25, 0.3) is 0 Å². The third-order valence-electron chi connectivity index (χ3n) is 3.01. The summed E-state index contributed by atoms with van der Waals surface area (Å²) >= 11 is 0. The van der Waals surface area contributed by atoms with Gasteiger partial charge in [-0.15, -0.1) is 13.2 Å². The molecule has 0 aliphatic rings. The lowest BCUT2D eigenvalue weighted by molar-refractivity contribution is -0.274. The van der Waals surface area contributed by atoms with Gasteiger partial charge in [0.1, 0.15) is 18.1 Å². The summed E-state index contributed by atoms with van der Waals surface area (Å²) < 4.78 is 50.3. The van der Waals surface area contributed by atoms with Crippen molar-refractivity contribution in [1.29, 1.82) is 0 Å². The van der Waals surface area contributed by atoms with Gasteiger partial charge in [-0.1, -0.05) is 12.1 Å².